The van der Waals surface area contributed by atoms with Crippen LogP contribution in [-0.4, -0.2) is 54.8 Å². The Kier molecular flexibility index (Phi) is 3.20. The molecular weight excluding hydrogens is 324 g/mol. The predicted octanol–water partition coefficient (Wildman–Crippen LogP) is 1.28. The van der Waals surface area contributed by atoms with Crippen molar-refractivity contribution < 1.29 is 19.3 Å². The molecule has 4 atom stereocenters. The van der Waals surface area contributed by atoms with Crippen LogP contribution < -0.4 is 0 Å². The third kappa shape index (κ3) is 2.10. The zero-order chi connectivity index (χ0) is 16.4. The summed E-state index contributed by atoms with van der Waals surface area (Å²) in [6, 6.07) is 0. The molecule has 1 N–H and O–H groups in total. The molecular formula is C14H17ClN4O4. The van der Waals surface area contributed by atoms with E-state index in [2.05, 4.69) is 15.0 Å². The van der Waals surface area contributed by atoms with Gasteiger partial charge in [-0.25, -0.2) is 15.0 Å². The van der Waals surface area contributed by atoms with Crippen LogP contribution in [0.3, 0.4) is 0 Å². The van der Waals surface area contributed by atoms with Crippen molar-refractivity contribution in [1.29, 1.82) is 0 Å². The average Bonchev–Trinajstić information content (AvgIpc) is 3.07. The molecule has 0 radical (unpaired) electrons. The van der Waals surface area contributed by atoms with Gasteiger partial charge < -0.3 is 19.3 Å². The van der Waals surface area contributed by atoms with E-state index in [-0.39, 0.29) is 11.8 Å². The van der Waals surface area contributed by atoms with E-state index in [1.807, 2.05) is 20.8 Å². The van der Waals surface area contributed by atoms with Crippen LogP contribution in [0.25, 0.3) is 11.2 Å². The molecule has 2 aliphatic heterocycles. The van der Waals surface area contributed by atoms with Crippen molar-refractivity contribution in [2.24, 2.45) is 0 Å². The van der Waals surface area contributed by atoms with E-state index < -0.39 is 29.8 Å². The summed E-state index contributed by atoms with van der Waals surface area (Å²) >= 11 is 6.06. The first-order valence-electron chi connectivity index (χ1n) is 7.33. The van der Waals surface area contributed by atoms with Crippen LogP contribution in [0.5, 0.6) is 0 Å². The fraction of sp³-hybridized carbons (Fsp3) is 0.643. The number of hydrogen-bond acceptors (Lipinski definition) is 7. The first-order chi connectivity index (χ1) is 10.9. The third-order valence-corrected chi connectivity index (χ3v) is 4.60. The van der Waals surface area contributed by atoms with Crippen molar-refractivity contribution in [2.45, 2.75) is 50.6 Å². The quantitative estimate of drug-likeness (QED) is 0.823. The maximum absolute atomic E-state index is 9.64. The standard InChI is InChI=1S/C14H17ClN4O4/c1-13(2)22-9-7(4-20)21-12(14(9,3)23-13)19-6-18-8-10(15)16-5-17-11(8)19/h5-7,9,12,20H,4H2,1-3H3/t7-,9-,12-,14-/m1/s1. The van der Waals surface area contributed by atoms with Gasteiger partial charge in [0.2, 0.25) is 0 Å². The van der Waals surface area contributed by atoms with Gasteiger partial charge in [0.05, 0.1) is 12.9 Å². The van der Waals surface area contributed by atoms with Gasteiger partial charge in [-0.15, -0.1) is 0 Å². The van der Waals surface area contributed by atoms with Crippen LogP contribution in [0.15, 0.2) is 12.7 Å². The number of nitrogens with zero attached hydrogens (tertiary/aromatic N) is 4. The number of aliphatic hydroxyl groups excluding tert-OH is 1. The minimum Gasteiger partial charge on any atom is -0.394 e. The second-order valence-electron chi connectivity index (χ2n) is 6.42. The molecule has 4 heterocycles. The Morgan fingerprint density at radius 2 is 2.09 bits per heavy atom. The molecule has 124 valence electrons. The summed E-state index contributed by atoms with van der Waals surface area (Å²) in [6.45, 7) is 5.42. The highest BCUT2D eigenvalue weighted by Crippen LogP contribution is 2.51. The molecule has 0 unspecified atom stereocenters. The van der Waals surface area contributed by atoms with Crippen LogP contribution in [0.2, 0.25) is 5.15 Å². The van der Waals surface area contributed by atoms with Crippen LogP contribution >= 0.6 is 11.6 Å². The minimum absolute atomic E-state index is 0.168. The number of imidazole rings is 1. The first-order valence-corrected chi connectivity index (χ1v) is 7.71. The number of rotatable bonds is 2. The summed E-state index contributed by atoms with van der Waals surface area (Å²) in [6.07, 6.45) is 1.51. The van der Waals surface area contributed by atoms with E-state index in [1.165, 1.54) is 6.33 Å². The van der Waals surface area contributed by atoms with Gasteiger partial charge in [0, 0.05) is 0 Å². The molecule has 2 aliphatic rings. The van der Waals surface area contributed by atoms with E-state index >= 15 is 0 Å². The number of aliphatic hydroxyl groups is 1. The highest BCUT2D eigenvalue weighted by atomic mass is 35.5. The maximum atomic E-state index is 9.64. The molecule has 2 aromatic rings. The van der Waals surface area contributed by atoms with E-state index in [0.29, 0.717) is 11.2 Å². The molecule has 23 heavy (non-hydrogen) atoms. The second-order valence-corrected chi connectivity index (χ2v) is 6.78. The molecule has 4 rings (SSSR count). The number of hydrogen-bond donors (Lipinski definition) is 1. The first kappa shape index (κ1) is 15.2. The Bertz CT molecular complexity index is 766. The molecule has 0 saturated carbocycles. The lowest BCUT2D eigenvalue weighted by Gasteiger charge is -2.30. The lowest BCUT2D eigenvalue weighted by Crippen LogP contribution is -2.42. The molecule has 0 bridgehead atoms. The third-order valence-electron chi connectivity index (χ3n) is 4.32. The van der Waals surface area contributed by atoms with E-state index in [1.54, 1.807) is 10.9 Å². The van der Waals surface area contributed by atoms with Gasteiger partial charge in [-0.2, -0.15) is 0 Å². The van der Waals surface area contributed by atoms with Crippen molar-refractivity contribution in [3.05, 3.63) is 17.8 Å². The fourth-order valence-electron chi connectivity index (χ4n) is 3.52. The van der Waals surface area contributed by atoms with Crippen LogP contribution in [0, 0.1) is 0 Å². The van der Waals surface area contributed by atoms with Crippen LogP contribution in [0.4, 0.5) is 0 Å². The largest absolute Gasteiger partial charge is 0.394 e. The number of aromatic nitrogens is 4. The van der Waals surface area contributed by atoms with E-state index in [0.717, 1.165) is 0 Å². The number of fused-ring (bicyclic) bond motifs is 2. The second kappa shape index (κ2) is 4.84. The Hall–Kier alpha value is -1.32. The summed E-state index contributed by atoms with van der Waals surface area (Å²) in [5, 5.41) is 9.91. The zero-order valence-electron chi connectivity index (χ0n) is 12.9. The molecule has 2 aromatic heterocycles. The molecule has 2 fully saturated rings. The van der Waals surface area contributed by atoms with Crippen molar-refractivity contribution in [1.82, 2.24) is 19.5 Å². The van der Waals surface area contributed by atoms with Crippen molar-refractivity contribution in [3.63, 3.8) is 0 Å². The van der Waals surface area contributed by atoms with E-state index in [9.17, 15) is 5.11 Å². The summed E-state index contributed by atoms with van der Waals surface area (Å²) in [7, 11) is 0. The Labute approximate surface area is 137 Å². The van der Waals surface area contributed by atoms with Gasteiger partial charge in [-0.1, -0.05) is 11.6 Å². The molecule has 0 spiro atoms. The summed E-state index contributed by atoms with van der Waals surface area (Å²) < 4.78 is 19.8. The van der Waals surface area contributed by atoms with Crippen molar-refractivity contribution in [3.8, 4) is 0 Å². The van der Waals surface area contributed by atoms with Gasteiger partial charge in [-0.05, 0) is 20.8 Å². The lowest BCUT2D eigenvalue weighted by molar-refractivity contribution is -0.217. The van der Waals surface area contributed by atoms with Crippen LogP contribution in [0.1, 0.15) is 27.0 Å². The molecule has 0 amide bonds. The van der Waals surface area contributed by atoms with Gasteiger partial charge in [0.15, 0.2) is 22.8 Å². The predicted molar refractivity (Wildman–Crippen MR) is 79.8 cm³/mol. The molecule has 9 heteroatoms. The van der Waals surface area contributed by atoms with Gasteiger partial charge in [-0.3, -0.25) is 4.57 Å². The summed E-state index contributed by atoms with van der Waals surface area (Å²) in [5.74, 6) is -0.766. The Morgan fingerprint density at radius 3 is 2.83 bits per heavy atom. The average molecular weight is 341 g/mol. The topological polar surface area (TPSA) is 91.5 Å². The zero-order valence-corrected chi connectivity index (χ0v) is 13.7. The highest BCUT2D eigenvalue weighted by molar-refractivity contribution is 6.33. The summed E-state index contributed by atoms with van der Waals surface area (Å²) in [4.78, 5) is 12.4. The minimum atomic E-state index is -0.790. The molecule has 0 aromatic carbocycles. The fourth-order valence-corrected chi connectivity index (χ4v) is 3.69. The van der Waals surface area contributed by atoms with Gasteiger partial charge in [0.1, 0.15) is 29.7 Å². The smallest absolute Gasteiger partial charge is 0.168 e. The van der Waals surface area contributed by atoms with Crippen molar-refractivity contribution in [2.75, 3.05) is 6.61 Å². The monoisotopic (exact) mass is 340 g/mol. The Balaban J connectivity index is 1.83. The van der Waals surface area contributed by atoms with Gasteiger partial charge in [0.25, 0.3) is 0 Å². The van der Waals surface area contributed by atoms with Crippen molar-refractivity contribution >= 4 is 22.8 Å². The van der Waals surface area contributed by atoms with Gasteiger partial charge >= 0.3 is 0 Å². The maximum Gasteiger partial charge on any atom is 0.168 e. The summed E-state index contributed by atoms with van der Waals surface area (Å²) in [5.41, 5.74) is 0.243. The molecule has 8 nitrogen and oxygen atoms in total. The molecule has 0 aliphatic carbocycles. The number of halogens is 1. The van der Waals surface area contributed by atoms with E-state index in [4.69, 9.17) is 25.8 Å². The highest BCUT2D eigenvalue weighted by Gasteiger charge is 2.64. The molecule has 2 saturated heterocycles. The van der Waals surface area contributed by atoms with Crippen LogP contribution in [-0.2, 0) is 14.2 Å². The SMILES string of the molecule is CC1(C)O[C@@H]2[C@@H](CO)O[C@@H](n3cnc4c(Cl)ncnc43)[C@]2(C)O1. The lowest BCUT2D eigenvalue weighted by atomic mass is 9.96. The number of ether oxygens (including phenoxy) is 3. The Morgan fingerprint density at radius 1 is 1.30 bits per heavy atom. The normalized spacial score (nSPS) is 35.8.